The second-order valence-electron chi connectivity index (χ2n) is 7.23. The molecule has 2 heterocycles. The number of aromatic nitrogens is 2. The number of aryl methyl sites for hydroxylation is 1. The fraction of sp³-hybridized carbons (Fsp3) is 0.333. The first kappa shape index (κ1) is 19.9. The molecule has 0 fully saturated rings. The fourth-order valence-corrected chi connectivity index (χ4v) is 3.75. The lowest BCUT2D eigenvalue weighted by Gasteiger charge is -2.21. The molecule has 0 aliphatic heterocycles. The predicted molar refractivity (Wildman–Crippen MR) is 112 cm³/mol. The van der Waals surface area contributed by atoms with E-state index in [2.05, 4.69) is 33.8 Å². The Morgan fingerprint density at radius 3 is 2.71 bits per heavy atom. The monoisotopic (exact) mass is 396 g/mol. The first-order valence-corrected chi connectivity index (χ1v) is 10.1. The molecule has 2 amide bonds. The standard InChI is InChI=1S/C21H24N4O2S/c1-13(2)9-17(24-21(27)18-12-28-25-14(18)3)11-23-20(26)16-7-6-15-5-4-8-22-19(15)10-16/h4-8,10,12-13,17H,9,11H2,1-3H3,(H,23,26)(H,24,27). The first-order chi connectivity index (χ1) is 13.4. The van der Waals surface area contributed by atoms with Gasteiger partial charge in [-0.05, 0) is 49.0 Å². The van der Waals surface area contributed by atoms with Crippen LogP contribution in [0.2, 0.25) is 0 Å². The van der Waals surface area contributed by atoms with E-state index < -0.39 is 0 Å². The molecule has 0 aliphatic carbocycles. The average Bonchev–Trinajstić information content (AvgIpc) is 3.11. The maximum atomic E-state index is 12.6. The summed E-state index contributed by atoms with van der Waals surface area (Å²) >= 11 is 1.27. The van der Waals surface area contributed by atoms with E-state index in [4.69, 9.17) is 0 Å². The van der Waals surface area contributed by atoms with Crippen molar-refractivity contribution in [2.45, 2.75) is 33.2 Å². The Kier molecular flexibility index (Phi) is 6.36. The number of hydrogen-bond acceptors (Lipinski definition) is 5. The number of pyridine rings is 1. The molecule has 1 aromatic carbocycles. The highest BCUT2D eigenvalue weighted by molar-refractivity contribution is 7.03. The molecule has 2 N–H and O–H groups in total. The maximum Gasteiger partial charge on any atom is 0.254 e. The van der Waals surface area contributed by atoms with Gasteiger partial charge in [0.15, 0.2) is 0 Å². The number of amides is 2. The Morgan fingerprint density at radius 2 is 2.00 bits per heavy atom. The molecule has 3 aromatic rings. The lowest BCUT2D eigenvalue weighted by atomic mass is 10.0. The van der Waals surface area contributed by atoms with Crippen LogP contribution < -0.4 is 10.6 Å². The summed E-state index contributed by atoms with van der Waals surface area (Å²) in [5.74, 6) is 0.0544. The molecular weight excluding hydrogens is 372 g/mol. The van der Waals surface area contributed by atoms with Crippen LogP contribution in [0.25, 0.3) is 10.9 Å². The van der Waals surface area contributed by atoms with Gasteiger partial charge in [-0.3, -0.25) is 14.6 Å². The van der Waals surface area contributed by atoms with Crippen molar-refractivity contribution in [2.75, 3.05) is 6.54 Å². The highest BCUT2D eigenvalue weighted by Gasteiger charge is 2.19. The van der Waals surface area contributed by atoms with Gasteiger partial charge in [0.2, 0.25) is 0 Å². The van der Waals surface area contributed by atoms with Crippen molar-refractivity contribution in [3.05, 3.63) is 58.7 Å². The molecule has 0 bridgehead atoms. The van der Waals surface area contributed by atoms with Crippen LogP contribution in [0, 0.1) is 12.8 Å². The second kappa shape index (κ2) is 8.93. The Morgan fingerprint density at radius 1 is 1.18 bits per heavy atom. The van der Waals surface area contributed by atoms with E-state index in [1.807, 2.05) is 25.1 Å². The third-order valence-electron chi connectivity index (χ3n) is 4.46. The Balaban J connectivity index is 1.65. The summed E-state index contributed by atoms with van der Waals surface area (Å²) in [6.07, 6.45) is 2.47. The van der Waals surface area contributed by atoms with E-state index in [0.29, 0.717) is 23.6 Å². The lowest BCUT2D eigenvalue weighted by Crippen LogP contribution is -2.44. The van der Waals surface area contributed by atoms with Gasteiger partial charge in [-0.1, -0.05) is 26.0 Å². The van der Waals surface area contributed by atoms with E-state index in [1.54, 1.807) is 23.7 Å². The molecule has 146 valence electrons. The van der Waals surface area contributed by atoms with Gasteiger partial charge < -0.3 is 10.6 Å². The molecule has 6 nitrogen and oxygen atoms in total. The van der Waals surface area contributed by atoms with E-state index >= 15 is 0 Å². The highest BCUT2D eigenvalue weighted by atomic mass is 32.1. The predicted octanol–water partition coefficient (Wildman–Crippen LogP) is 3.57. The third kappa shape index (κ3) is 4.92. The molecule has 3 rings (SSSR count). The van der Waals surface area contributed by atoms with Crippen LogP contribution >= 0.6 is 11.5 Å². The maximum absolute atomic E-state index is 12.6. The summed E-state index contributed by atoms with van der Waals surface area (Å²) < 4.78 is 4.15. The van der Waals surface area contributed by atoms with E-state index in [-0.39, 0.29) is 17.9 Å². The van der Waals surface area contributed by atoms with Gasteiger partial charge in [-0.15, -0.1) is 0 Å². The Labute approximate surface area is 168 Å². The van der Waals surface area contributed by atoms with E-state index in [1.165, 1.54) is 11.5 Å². The number of rotatable bonds is 7. The molecule has 0 aliphatic rings. The van der Waals surface area contributed by atoms with Crippen molar-refractivity contribution >= 4 is 34.2 Å². The molecular formula is C21H24N4O2S. The number of nitrogens with one attached hydrogen (secondary N) is 2. The van der Waals surface area contributed by atoms with E-state index in [0.717, 1.165) is 23.0 Å². The minimum Gasteiger partial charge on any atom is -0.350 e. The SMILES string of the molecule is Cc1nscc1C(=O)NC(CNC(=O)c1ccc2cccnc2c1)CC(C)C. The number of carbonyl (C=O) groups excluding carboxylic acids is 2. The quantitative estimate of drug-likeness (QED) is 0.639. The molecule has 0 spiro atoms. The van der Waals surface area contributed by atoms with Gasteiger partial charge in [0, 0.05) is 35.1 Å². The van der Waals surface area contributed by atoms with Gasteiger partial charge in [0.1, 0.15) is 0 Å². The molecule has 7 heteroatoms. The Hall–Kier alpha value is -2.80. The van der Waals surface area contributed by atoms with Crippen molar-refractivity contribution in [2.24, 2.45) is 5.92 Å². The number of nitrogens with zero attached hydrogens (tertiary/aromatic N) is 2. The zero-order chi connectivity index (χ0) is 20.1. The summed E-state index contributed by atoms with van der Waals surface area (Å²) in [7, 11) is 0. The van der Waals surface area contributed by atoms with Crippen LogP contribution in [0.5, 0.6) is 0 Å². The fourth-order valence-electron chi connectivity index (χ4n) is 3.06. The van der Waals surface area contributed by atoms with Crippen LogP contribution in [-0.2, 0) is 0 Å². The van der Waals surface area contributed by atoms with Crippen molar-refractivity contribution < 1.29 is 9.59 Å². The molecule has 1 unspecified atom stereocenters. The summed E-state index contributed by atoms with van der Waals surface area (Å²) in [5.41, 5.74) is 2.64. The van der Waals surface area contributed by atoms with E-state index in [9.17, 15) is 9.59 Å². The second-order valence-corrected chi connectivity index (χ2v) is 7.86. The molecule has 0 saturated carbocycles. The first-order valence-electron chi connectivity index (χ1n) is 9.29. The third-order valence-corrected chi connectivity index (χ3v) is 5.18. The minimum atomic E-state index is -0.177. The normalized spacial score (nSPS) is 12.1. The smallest absolute Gasteiger partial charge is 0.254 e. The molecule has 1 atom stereocenters. The summed E-state index contributed by atoms with van der Waals surface area (Å²) in [4.78, 5) is 29.4. The number of benzene rings is 1. The van der Waals surface area contributed by atoms with Crippen molar-refractivity contribution in [1.29, 1.82) is 0 Å². The zero-order valence-electron chi connectivity index (χ0n) is 16.2. The minimum absolute atomic E-state index is 0.152. The molecule has 0 saturated heterocycles. The van der Waals surface area contributed by atoms with Crippen LogP contribution in [0.3, 0.4) is 0 Å². The Bertz CT molecular complexity index is 983. The van der Waals surface area contributed by atoms with Crippen LogP contribution in [0.4, 0.5) is 0 Å². The number of fused-ring (bicyclic) bond motifs is 1. The van der Waals surface area contributed by atoms with Crippen LogP contribution in [-0.4, -0.2) is 33.8 Å². The van der Waals surface area contributed by atoms with Crippen LogP contribution in [0.15, 0.2) is 41.9 Å². The van der Waals surface area contributed by atoms with Crippen molar-refractivity contribution in [3.8, 4) is 0 Å². The lowest BCUT2D eigenvalue weighted by molar-refractivity contribution is 0.0903. The summed E-state index contributed by atoms with van der Waals surface area (Å²) in [6.45, 7) is 6.36. The number of carbonyl (C=O) groups is 2. The molecule has 2 aromatic heterocycles. The van der Waals surface area contributed by atoms with Gasteiger partial charge in [-0.25, -0.2) is 0 Å². The van der Waals surface area contributed by atoms with Gasteiger partial charge in [0.05, 0.1) is 16.8 Å². The molecule has 28 heavy (non-hydrogen) atoms. The largest absolute Gasteiger partial charge is 0.350 e. The molecule has 0 radical (unpaired) electrons. The van der Waals surface area contributed by atoms with Gasteiger partial charge in [-0.2, -0.15) is 4.37 Å². The van der Waals surface area contributed by atoms with Crippen molar-refractivity contribution in [3.63, 3.8) is 0 Å². The average molecular weight is 397 g/mol. The summed E-state index contributed by atoms with van der Waals surface area (Å²) in [5, 5.41) is 8.71. The van der Waals surface area contributed by atoms with Crippen molar-refractivity contribution in [1.82, 2.24) is 20.0 Å². The topological polar surface area (TPSA) is 84.0 Å². The van der Waals surface area contributed by atoms with Gasteiger partial charge >= 0.3 is 0 Å². The summed E-state index contributed by atoms with van der Waals surface area (Å²) in [6, 6.07) is 9.12. The number of hydrogen-bond donors (Lipinski definition) is 2. The van der Waals surface area contributed by atoms with Gasteiger partial charge in [0.25, 0.3) is 11.8 Å². The highest BCUT2D eigenvalue weighted by Crippen LogP contribution is 2.14. The van der Waals surface area contributed by atoms with Crippen LogP contribution in [0.1, 0.15) is 46.7 Å². The zero-order valence-corrected chi connectivity index (χ0v) is 17.0.